The number of aromatic nitrogens is 4. The number of Topliss-reactive ketones (excluding diaryl/α,β-unsaturated/α-hetero) is 1. The third kappa shape index (κ3) is 4.47. The van der Waals surface area contributed by atoms with Gasteiger partial charge in [0.05, 0.1) is 28.8 Å². The maximum absolute atomic E-state index is 12.9. The van der Waals surface area contributed by atoms with E-state index in [9.17, 15) is 21.6 Å². The molecule has 0 aromatic carbocycles. The van der Waals surface area contributed by atoms with E-state index in [-0.39, 0.29) is 46.5 Å². The highest BCUT2D eigenvalue weighted by Gasteiger charge is 2.33. The van der Waals surface area contributed by atoms with Crippen molar-refractivity contribution in [1.82, 2.24) is 19.3 Å². The van der Waals surface area contributed by atoms with Crippen LogP contribution in [0.5, 0.6) is 0 Å². The zero-order chi connectivity index (χ0) is 22.6. The van der Waals surface area contributed by atoms with Crippen molar-refractivity contribution in [1.29, 1.82) is 0 Å². The molecule has 2 atom stereocenters. The van der Waals surface area contributed by atoms with Gasteiger partial charge in [-0.05, 0) is 32.8 Å². The minimum absolute atomic E-state index is 0.0572. The van der Waals surface area contributed by atoms with E-state index in [0.29, 0.717) is 29.4 Å². The van der Waals surface area contributed by atoms with Gasteiger partial charge in [-0.15, -0.1) is 10.2 Å². The van der Waals surface area contributed by atoms with Crippen molar-refractivity contribution in [3.8, 4) is 0 Å². The van der Waals surface area contributed by atoms with E-state index in [4.69, 9.17) is 0 Å². The van der Waals surface area contributed by atoms with Crippen molar-refractivity contribution in [3.63, 3.8) is 0 Å². The first-order valence-electron chi connectivity index (χ1n) is 10.1. The maximum Gasteiger partial charge on any atom is 0.191 e. The smallest absolute Gasteiger partial charge is 0.191 e. The van der Waals surface area contributed by atoms with Crippen LogP contribution in [0.4, 0.5) is 0 Å². The molecule has 0 radical (unpaired) electrons. The van der Waals surface area contributed by atoms with Gasteiger partial charge in [-0.25, -0.2) is 16.8 Å². The van der Waals surface area contributed by atoms with Crippen molar-refractivity contribution in [2.45, 2.75) is 43.8 Å². The van der Waals surface area contributed by atoms with Gasteiger partial charge < -0.3 is 9.13 Å². The van der Waals surface area contributed by atoms with Crippen LogP contribution in [0.15, 0.2) is 11.2 Å². The molecule has 170 valence electrons. The third-order valence-corrected chi connectivity index (χ3v) is 10.7. The summed E-state index contributed by atoms with van der Waals surface area (Å²) < 4.78 is 51.0. The molecule has 0 amide bonds. The fourth-order valence-corrected chi connectivity index (χ4v) is 8.85. The van der Waals surface area contributed by atoms with Gasteiger partial charge in [-0.2, -0.15) is 0 Å². The number of hydrogen-bond donors (Lipinski definition) is 0. The Bertz CT molecular complexity index is 1240. The van der Waals surface area contributed by atoms with Crippen LogP contribution in [-0.2, 0) is 26.7 Å². The summed E-state index contributed by atoms with van der Waals surface area (Å²) in [6, 6.07) is 1.71. The molecule has 2 aliphatic rings. The second-order valence-electron chi connectivity index (χ2n) is 8.42. The van der Waals surface area contributed by atoms with Crippen molar-refractivity contribution in [2.24, 2.45) is 7.05 Å². The van der Waals surface area contributed by atoms with Gasteiger partial charge in [0, 0.05) is 36.0 Å². The summed E-state index contributed by atoms with van der Waals surface area (Å²) in [6.45, 7) is 3.75. The minimum Gasteiger partial charge on any atom is -0.344 e. The topological polar surface area (TPSA) is 121 Å². The fraction of sp³-hybridized carbons (Fsp3) is 0.632. The highest BCUT2D eigenvalue weighted by molar-refractivity contribution is 7.99. The number of thioether (sulfide) groups is 1. The first-order valence-corrected chi connectivity index (χ1v) is 14.7. The Morgan fingerprint density at radius 2 is 1.77 bits per heavy atom. The van der Waals surface area contributed by atoms with Gasteiger partial charge >= 0.3 is 0 Å². The lowest BCUT2D eigenvalue weighted by Gasteiger charge is -2.16. The lowest BCUT2D eigenvalue weighted by Crippen LogP contribution is -2.14. The van der Waals surface area contributed by atoms with E-state index in [2.05, 4.69) is 10.2 Å². The quantitative estimate of drug-likeness (QED) is 0.445. The first kappa shape index (κ1) is 22.5. The molecule has 0 N–H and O–H groups in total. The number of carbonyl (C=O) groups is 1. The summed E-state index contributed by atoms with van der Waals surface area (Å²) in [5.41, 5.74) is 2.27. The number of sulfone groups is 2. The zero-order valence-corrected chi connectivity index (χ0v) is 20.2. The minimum atomic E-state index is -3.02. The van der Waals surface area contributed by atoms with E-state index >= 15 is 0 Å². The summed E-state index contributed by atoms with van der Waals surface area (Å²) in [6.07, 6.45) is 1.11. The normalized spacial score (nSPS) is 24.6. The average molecular weight is 487 g/mol. The lowest BCUT2D eigenvalue weighted by atomic mass is 10.1. The van der Waals surface area contributed by atoms with Crippen molar-refractivity contribution in [3.05, 3.63) is 28.8 Å². The molecule has 0 bridgehead atoms. The lowest BCUT2D eigenvalue weighted by molar-refractivity contribution is 0.102. The number of nitrogens with zero attached hydrogens (tertiary/aromatic N) is 4. The Hall–Kier alpha value is -1.66. The number of rotatable bonds is 6. The number of hydrogen-bond acceptors (Lipinski definition) is 8. The molecule has 0 spiro atoms. The average Bonchev–Trinajstić information content (AvgIpc) is 3.40. The molecule has 4 rings (SSSR count). The van der Waals surface area contributed by atoms with E-state index in [1.54, 1.807) is 11.6 Å². The number of ketones is 1. The highest BCUT2D eigenvalue weighted by Crippen LogP contribution is 2.31. The Balaban J connectivity index is 1.46. The molecule has 2 fully saturated rings. The van der Waals surface area contributed by atoms with Crippen LogP contribution in [0, 0.1) is 13.8 Å². The van der Waals surface area contributed by atoms with Gasteiger partial charge in [0.2, 0.25) is 0 Å². The van der Waals surface area contributed by atoms with E-state index < -0.39 is 19.7 Å². The van der Waals surface area contributed by atoms with Gasteiger partial charge in [0.15, 0.2) is 30.6 Å². The summed E-state index contributed by atoms with van der Waals surface area (Å²) in [5.74, 6) is 1.15. The molecule has 0 saturated carbocycles. The van der Waals surface area contributed by atoms with Crippen LogP contribution in [0.2, 0.25) is 0 Å². The number of carbonyl (C=O) groups excluding carboxylic acids is 1. The molecule has 9 nitrogen and oxygen atoms in total. The van der Waals surface area contributed by atoms with Gasteiger partial charge in [0.1, 0.15) is 5.82 Å². The molecule has 31 heavy (non-hydrogen) atoms. The monoisotopic (exact) mass is 486 g/mol. The molecule has 12 heteroatoms. The van der Waals surface area contributed by atoms with Crippen LogP contribution in [0.1, 0.15) is 52.4 Å². The zero-order valence-electron chi connectivity index (χ0n) is 17.7. The Morgan fingerprint density at radius 3 is 2.39 bits per heavy atom. The summed E-state index contributed by atoms with van der Waals surface area (Å²) in [7, 11) is -4.24. The molecule has 2 aromatic heterocycles. The largest absolute Gasteiger partial charge is 0.344 e. The van der Waals surface area contributed by atoms with E-state index in [0.717, 1.165) is 11.4 Å². The van der Waals surface area contributed by atoms with Crippen molar-refractivity contribution in [2.75, 3.05) is 28.8 Å². The first-order chi connectivity index (χ1) is 14.5. The van der Waals surface area contributed by atoms with Crippen LogP contribution < -0.4 is 0 Å². The second kappa shape index (κ2) is 8.04. The van der Waals surface area contributed by atoms with Crippen LogP contribution in [0.3, 0.4) is 0 Å². The van der Waals surface area contributed by atoms with Crippen molar-refractivity contribution < 1.29 is 21.6 Å². The van der Waals surface area contributed by atoms with E-state index in [1.165, 1.54) is 11.8 Å². The molecule has 2 saturated heterocycles. The van der Waals surface area contributed by atoms with Gasteiger partial charge in [-0.3, -0.25) is 4.79 Å². The maximum atomic E-state index is 12.9. The Morgan fingerprint density at radius 1 is 1.10 bits per heavy atom. The predicted octanol–water partition coefficient (Wildman–Crippen LogP) is 1.47. The van der Waals surface area contributed by atoms with Crippen LogP contribution in [-0.4, -0.2) is 70.7 Å². The standard InChI is InChI=1S/C19H26N4O5S3/c1-12-8-16(13(2)23(12)15-5-7-31(27,28)11-15)17(24)9-29-19-21-20-18(22(19)3)14-4-6-30(25,26)10-14/h8,14-15H,4-7,9-11H2,1-3H3/t14-,15+/m0/s1. The van der Waals surface area contributed by atoms with Crippen LogP contribution in [0.25, 0.3) is 0 Å². The van der Waals surface area contributed by atoms with Gasteiger partial charge in [-0.1, -0.05) is 11.8 Å². The summed E-state index contributed by atoms with van der Waals surface area (Å²) in [5, 5.41) is 8.90. The third-order valence-electron chi connectivity index (χ3n) is 6.16. The van der Waals surface area contributed by atoms with E-state index in [1.807, 2.05) is 24.5 Å². The molecule has 0 aliphatic carbocycles. The molecule has 2 aliphatic heterocycles. The summed E-state index contributed by atoms with van der Waals surface area (Å²) in [4.78, 5) is 12.9. The molecule has 0 unspecified atom stereocenters. The summed E-state index contributed by atoms with van der Waals surface area (Å²) >= 11 is 1.27. The molecular formula is C19H26N4O5S3. The fourth-order valence-electron chi connectivity index (χ4n) is 4.61. The second-order valence-corrected chi connectivity index (χ2v) is 13.8. The predicted molar refractivity (Wildman–Crippen MR) is 118 cm³/mol. The SMILES string of the molecule is Cc1cc(C(=O)CSc2nnc([C@H]3CCS(=O)(=O)C3)n2C)c(C)n1[C@@H]1CCS(=O)(=O)C1. The highest BCUT2D eigenvalue weighted by atomic mass is 32.2. The molecular weight excluding hydrogens is 460 g/mol. The Kier molecular flexibility index (Phi) is 5.84. The Labute approximate surface area is 186 Å². The van der Waals surface area contributed by atoms with Crippen molar-refractivity contribution >= 4 is 37.2 Å². The molecule has 4 heterocycles. The van der Waals surface area contributed by atoms with Crippen LogP contribution >= 0.6 is 11.8 Å². The van der Waals surface area contributed by atoms with Gasteiger partial charge in [0.25, 0.3) is 0 Å². The molecule has 2 aromatic rings. The number of aryl methyl sites for hydroxylation is 1.